The Kier molecular flexibility index (Phi) is 15.1. The van der Waals surface area contributed by atoms with Crippen LogP contribution in [0.5, 0.6) is 5.75 Å². The van der Waals surface area contributed by atoms with Crippen LogP contribution in [0.25, 0.3) is 10.9 Å². The lowest BCUT2D eigenvalue weighted by Gasteiger charge is -2.28. The number of ether oxygens (including phenoxy) is 1. The summed E-state index contributed by atoms with van der Waals surface area (Å²) < 4.78 is 6.66. The predicted octanol–water partition coefficient (Wildman–Crippen LogP) is -0.409. The Morgan fingerprint density at radius 1 is 1.02 bits per heavy atom. The van der Waals surface area contributed by atoms with E-state index in [1.54, 1.807) is 30.7 Å². The number of para-hydroxylation sites is 1. The first-order valence-corrected chi connectivity index (χ1v) is 20.1. The molecule has 320 valence electrons. The average Bonchev–Trinajstić information content (AvgIpc) is 3.79. The molecule has 0 aliphatic carbocycles. The smallest absolute Gasteiger partial charge is 0.331 e. The largest absolute Gasteiger partial charge is 0.508 e. The molecule has 21 heteroatoms. The quantitative estimate of drug-likeness (QED) is 0.0610. The first-order valence-electron chi connectivity index (χ1n) is 18.7. The fourth-order valence-electron chi connectivity index (χ4n) is 6.52. The number of thioether (sulfide) groups is 1. The molecule has 5 amide bonds. The summed E-state index contributed by atoms with van der Waals surface area (Å²) in [4.78, 5) is 96.7. The van der Waals surface area contributed by atoms with Crippen LogP contribution in [0.15, 0.2) is 88.5 Å². The zero-order valence-electron chi connectivity index (χ0n) is 32.6. The van der Waals surface area contributed by atoms with E-state index in [1.165, 1.54) is 30.9 Å². The number of rotatable bonds is 18. The Morgan fingerprint density at radius 2 is 1.77 bits per heavy atom. The molecule has 1 aliphatic rings. The van der Waals surface area contributed by atoms with E-state index in [1.807, 2.05) is 18.2 Å². The van der Waals surface area contributed by atoms with Crippen molar-refractivity contribution in [3.63, 3.8) is 0 Å². The fourth-order valence-corrected chi connectivity index (χ4v) is 7.00. The van der Waals surface area contributed by atoms with Crippen LogP contribution in [-0.2, 0) is 36.8 Å². The summed E-state index contributed by atoms with van der Waals surface area (Å²) in [5.74, 6) is -3.19. The molecule has 0 spiro atoms. The van der Waals surface area contributed by atoms with Crippen molar-refractivity contribution < 1.29 is 44.0 Å². The van der Waals surface area contributed by atoms with E-state index < -0.39 is 84.0 Å². The molecule has 4 aromatic rings. The minimum Gasteiger partial charge on any atom is -0.508 e. The van der Waals surface area contributed by atoms with Crippen molar-refractivity contribution in [2.75, 3.05) is 25.6 Å². The van der Waals surface area contributed by atoms with Crippen molar-refractivity contribution >= 4 is 52.4 Å². The van der Waals surface area contributed by atoms with Gasteiger partial charge in [-0.3, -0.25) is 28.7 Å². The highest BCUT2D eigenvalue weighted by atomic mass is 32.2. The number of aliphatic carboxylic acids is 1. The molecular formula is C39H47N9O11S. The summed E-state index contributed by atoms with van der Waals surface area (Å²) in [5.41, 5.74) is 6.75. The van der Waals surface area contributed by atoms with Crippen molar-refractivity contribution in [3.05, 3.63) is 111 Å². The number of aliphatic hydroxyl groups is 1. The summed E-state index contributed by atoms with van der Waals surface area (Å²) in [5, 5.41) is 41.3. The molecule has 1 fully saturated rings. The number of carboxylic acids is 1. The average molecular weight is 850 g/mol. The first-order chi connectivity index (χ1) is 28.6. The minimum absolute atomic E-state index is 0.0176. The van der Waals surface area contributed by atoms with E-state index in [4.69, 9.17) is 10.5 Å². The minimum atomic E-state index is -1.48. The van der Waals surface area contributed by atoms with Crippen LogP contribution in [0, 0.1) is 0 Å². The highest BCUT2D eigenvalue weighted by molar-refractivity contribution is 7.98. The normalized spacial score (nSPS) is 17.5. The molecule has 3 heterocycles. The zero-order chi connectivity index (χ0) is 43.5. The Hall–Kier alpha value is -6.58. The summed E-state index contributed by atoms with van der Waals surface area (Å²) in [6, 6.07) is 8.36. The molecule has 1 saturated heterocycles. The second-order valence-corrected chi connectivity index (χ2v) is 15.1. The molecule has 0 bridgehead atoms. The number of benzene rings is 2. The maximum absolute atomic E-state index is 13.9. The standard InChI is InChI=1S/C39H47N9O11S/c1-47(35(54)26(40)15-21-6-5-7-23(49)14-21)20-30(33(52)42-19-24-17-31(50)36(59-24)48-12-10-32(51)46-39(48)58)43-34(53)28(11-13-60-2)44-38(57)45-29(37(55)56)16-22-18-41-27-9-4-3-8-25(22)27/h3-10,12,14,18-19,26,28-31,36,41,49-50H,11,13,15-17,20,40H2,1-2H3,(H,42,52)(H,43,53)(H,55,56)(H2,44,45,57)(H,46,51,58)/b24-19-/t26-,28-,29-,30-,31+,36+/m0/s1. The molecule has 2 aromatic carbocycles. The third kappa shape index (κ3) is 11.8. The number of carboxylic acid groups (broad SMARTS) is 1. The molecule has 1 aliphatic heterocycles. The number of hydrogen-bond acceptors (Lipinski definition) is 12. The van der Waals surface area contributed by atoms with Crippen molar-refractivity contribution in [3.8, 4) is 5.75 Å². The number of nitrogens with one attached hydrogen (secondary N) is 6. The zero-order valence-corrected chi connectivity index (χ0v) is 33.4. The number of nitrogens with zero attached hydrogens (tertiary/aromatic N) is 2. The number of aromatic nitrogens is 3. The number of aliphatic hydroxyl groups excluding tert-OH is 1. The number of nitrogens with two attached hydrogens (primary N) is 1. The van der Waals surface area contributed by atoms with E-state index in [2.05, 4.69) is 31.2 Å². The van der Waals surface area contributed by atoms with Crippen LogP contribution in [0.2, 0.25) is 0 Å². The summed E-state index contributed by atoms with van der Waals surface area (Å²) in [6.45, 7) is -0.417. The fraction of sp³-hybridized carbons (Fsp3) is 0.359. The van der Waals surface area contributed by atoms with Crippen LogP contribution >= 0.6 is 11.8 Å². The number of fused-ring (bicyclic) bond motifs is 1. The van der Waals surface area contributed by atoms with Crippen LogP contribution in [0.4, 0.5) is 4.79 Å². The second kappa shape index (κ2) is 20.4. The lowest BCUT2D eigenvalue weighted by molar-refractivity contribution is -0.139. The van der Waals surface area contributed by atoms with Gasteiger partial charge in [0.1, 0.15) is 35.7 Å². The van der Waals surface area contributed by atoms with E-state index in [0.717, 1.165) is 38.8 Å². The van der Waals surface area contributed by atoms with Gasteiger partial charge in [0.15, 0.2) is 0 Å². The van der Waals surface area contributed by atoms with Crippen molar-refractivity contribution in [1.82, 2.24) is 40.7 Å². The van der Waals surface area contributed by atoms with E-state index >= 15 is 0 Å². The summed E-state index contributed by atoms with van der Waals surface area (Å²) in [6.07, 6.45) is 3.11. The molecule has 11 N–H and O–H groups in total. The van der Waals surface area contributed by atoms with Gasteiger partial charge in [-0.2, -0.15) is 11.8 Å². The van der Waals surface area contributed by atoms with Gasteiger partial charge in [-0.1, -0.05) is 30.3 Å². The molecule has 5 rings (SSSR count). The maximum Gasteiger partial charge on any atom is 0.331 e. The molecule has 2 aromatic heterocycles. The SMILES string of the molecule is CSCC[C@H](NC(=O)N[C@@H](Cc1c[nH]c2ccccc12)C(=O)O)C(=O)N[C@@H](CN(C)C(=O)[C@@H](N)Cc1cccc(O)c1)C(=O)N/C=C1/C[C@@H](O)[C@H](n2ccc(=O)[nH]c2=O)O1. The van der Waals surface area contributed by atoms with Gasteiger partial charge >= 0.3 is 17.7 Å². The van der Waals surface area contributed by atoms with Gasteiger partial charge in [0.25, 0.3) is 5.56 Å². The van der Waals surface area contributed by atoms with Gasteiger partial charge in [-0.15, -0.1) is 0 Å². The van der Waals surface area contributed by atoms with Crippen LogP contribution in [-0.4, -0.2) is 120 Å². The Bertz CT molecular complexity index is 2340. The van der Waals surface area contributed by atoms with E-state index in [0.29, 0.717) is 16.9 Å². The molecule has 0 radical (unpaired) electrons. The number of urea groups is 1. The molecule has 0 saturated carbocycles. The number of hydrogen-bond donors (Lipinski definition) is 10. The molecule has 20 nitrogen and oxygen atoms in total. The van der Waals surface area contributed by atoms with Gasteiger partial charge < -0.3 is 56.9 Å². The van der Waals surface area contributed by atoms with E-state index in [9.17, 15) is 48.9 Å². The number of phenolic OH excluding ortho intramolecular Hbond substituents is 1. The monoisotopic (exact) mass is 849 g/mol. The highest BCUT2D eigenvalue weighted by Crippen LogP contribution is 2.30. The summed E-state index contributed by atoms with van der Waals surface area (Å²) >= 11 is 1.37. The maximum atomic E-state index is 13.9. The number of amides is 5. The van der Waals surface area contributed by atoms with Crippen LogP contribution < -0.4 is 38.2 Å². The molecule has 6 atom stereocenters. The molecule has 0 unspecified atom stereocenters. The van der Waals surface area contributed by atoms with Gasteiger partial charge in [-0.25, -0.2) is 14.4 Å². The lowest BCUT2D eigenvalue weighted by Crippen LogP contribution is -2.59. The van der Waals surface area contributed by atoms with Gasteiger partial charge in [0.05, 0.1) is 6.04 Å². The van der Waals surface area contributed by atoms with Gasteiger partial charge in [0.2, 0.25) is 23.9 Å². The second-order valence-electron chi connectivity index (χ2n) is 14.1. The first kappa shape index (κ1) is 44.5. The number of likely N-dealkylation sites (N-methyl/N-ethyl adjacent to an activating group) is 1. The lowest BCUT2D eigenvalue weighted by atomic mass is 10.0. The van der Waals surface area contributed by atoms with E-state index in [-0.39, 0.29) is 37.2 Å². The Labute approximate surface area is 346 Å². The number of carbonyl (C=O) groups is 5. The number of aromatic hydroxyl groups is 1. The third-order valence-corrected chi connectivity index (χ3v) is 10.2. The Balaban J connectivity index is 1.31. The number of carbonyl (C=O) groups excluding carboxylic acids is 4. The molecular weight excluding hydrogens is 803 g/mol. The van der Waals surface area contributed by atoms with Crippen molar-refractivity contribution in [1.29, 1.82) is 0 Å². The third-order valence-electron chi connectivity index (χ3n) is 9.60. The van der Waals surface area contributed by atoms with Crippen molar-refractivity contribution in [2.24, 2.45) is 5.73 Å². The summed E-state index contributed by atoms with van der Waals surface area (Å²) in [7, 11) is 1.37. The van der Waals surface area contributed by atoms with Crippen LogP contribution in [0.3, 0.4) is 0 Å². The van der Waals surface area contributed by atoms with Gasteiger partial charge in [-0.05, 0) is 54.2 Å². The number of aromatic amines is 2. The highest BCUT2D eigenvalue weighted by Gasteiger charge is 2.34. The number of phenols is 1. The predicted molar refractivity (Wildman–Crippen MR) is 220 cm³/mol. The Morgan fingerprint density at radius 3 is 2.48 bits per heavy atom. The number of H-pyrrole nitrogens is 2. The van der Waals surface area contributed by atoms with Gasteiger partial charge in [0, 0.05) is 62.0 Å². The van der Waals surface area contributed by atoms with Crippen LogP contribution in [0.1, 0.15) is 30.2 Å². The topological polar surface area (TPSA) is 303 Å². The van der Waals surface area contributed by atoms with Crippen molar-refractivity contribution in [2.45, 2.75) is 62.2 Å². The molecule has 60 heavy (non-hydrogen) atoms.